The highest BCUT2D eigenvalue weighted by Gasteiger charge is 2.87. The Kier molecular flexibility index (Phi) is 3.49. The number of hydrogen-bond donors (Lipinski definition) is 1. The summed E-state index contributed by atoms with van der Waals surface area (Å²) in [6, 6.07) is 0. The molecule has 24 heavy (non-hydrogen) atoms. The largest absolute Gasteiger partial charge is 0.411 e. The number of aliphatic hydroxyl groups excluding tert-OH is 1. The molecule has 0 aromatic rings. The fourth-order valence-corrected chi connectivity index (χ4v) is 8.04. The molecule has 1 spiro atoms. The van der Waals surface area contributed by atoms with Crippen LogP contribution in [0.4, 0.5) is 0 Å². The van der Waals surface area contributed by atoms with Crippen LogP contribution in [-0.2, 0) is 13.9 Å². The van der Waals surface area contributed by atoms with Crippen molar-refractivity contribution in [3.8, 4) is 0 Å². The molecule has 4 aliphatic rings. The average molecular weight is 466 g/mol. The number of fused-ring (bicyclic) bond motifs is 3. The quantitative estimate of drug-likeness (QED) is 0.289. The van der Waals surface area contributed by atoms with Crippen molar-refractivity contribution < 1.29 is 19.0 Å². The highest BCUT2D eigenvalue weighted by Crippen LogP contribution is 2.74. The van der Waals surface area contributed by atoms with Crippen molar-refractivity contribution >= 4 is 30.9 Å². The van der Waals surface area contributed by atoms with E-state index in [-0.39, 0.29) is 28.3 Å². The Morgan fingerprint density at radius 2 is 1.83 bits per heavy atom. The third-order valence-corrected chi connectivity index (χ3v) is 13.6. The average Bonchev–Trinajstić information content (AvgIpc) is 2.77. The predicted octanol–water partition coefficient (Wildman–Crippen LogP) is 4.00. The molecule has 7 atom stereocenters. The normalized spacial score (nSPS) is 56.1. The Hall–Kier alpha value is 0.787. The van der Waals surface area contributed by atoms with Gasteiger partial charge in [-0.1, -0.05) is 20.8 Å². The molecule has 2 bridgehead atoms. The molecular formula is C18H31IO4Si. The van der Waals surface area contributed by atoms with Crippen molar-refractivity contribution in [3.63, 3.8) is 0 Å². The summed E-state index contributed by atoms with van der Waals surface area (Å²) in [7, 11) is -1.91. The maximum Gasteiger partial charge on any atom is 0.192 e. The summed E-state index contributed by atoms with van der Waals surface area (Å²) < 4.78 is 19.0. The Bertz CT molecular complexity index is 592. The van der Waals surface area contributed by atoms with Crippen molar-refractivity contribution in [2.45, 2.75) is 105 Å². The van der Waals surface area contributed by atoms with E-state index in [1.54, 1.807) is 0 Å². The molecule has 0 aromatic heterocycles. The van der Waals surface area contributed by atoms with Crippen LogP contribution in [0, 0.1) is 5.92 Å². The van der Waals surface area contributed by atoms with Crippen molar-refractivity contribution in [2.75, 3.05) is 0 Å². The minimum absolute atomic E-state index is 0.0286. The molecular weight excluding hydrogens is 435 g/mol. The van der Waals surface area contributed by atoms with Gasteiger partial charge in [0.05, 0.1) is 17.3 Å². The van der Waals surface area contributed by atoms with E-state index < -0.39 is 23.6 Å². The van der Waals surface area contributed by atoms with Gasteiger partial charge >= 0.3 is 0 Å². The molecule has 4 rings (SSSR count). The molecule has 3 aliphatic heterocycles. The van der Waals surface area contributed by atoms with Crippen LogP contribution in [0.5, 0.6) is 0 Å². The molecule has 3 heterocycles. The van der Waals surface area contributed by atoms with Crippen molar-refractivity contribution in [1.29, 1.82) is 0 Å². The number of hydrogen-bond acceptors (Lipinski definition) is 4. The molecule has 0 amide bonds. The van der Waals surface area contributed by atoms with E-state index in [2.05, 4.69) is 70.3 Å². The number of rotatable bonds is 2. The van der Waals surface area contributed by atoms with Gasteiger partial charge in [0.2, 0.25) is 0 Å². The van der Waals surface area contributed by atoms with E-state index in [1.165, 1.54) is 0 Å². The second-order valence-electron chi connectivity index (χ2n) is 10.3. The van der Waals surface area contributed by atoms with Crippen LogP contribution in [0.1, 0.15) is 53.9 Å². The number of epoxide rings is 1. The fourth-order valence-electron chi connectivity index (χ4n) is 5.32. The zero-order valence-corrected chi connectivity index (χ0v) is 19.1. The summed E-state index contributed by atoms with van der Waals surface area (Å²) in [5.41, 5.74) is -0.971. The van der Waals surface area contributed by atoms with Gasteiger partial charge in [-0.2, -0.15) is 0 Å². The maximum absolute atomic E-state index is 11.2. The Morgan fingerprint density at radius 3 is 2.38 bits per heavy atom. The second-order valence-corrected chi connectivity index (χ2v) is 16.8. The topological polar surface area (TPSA) is 51.2 Å². The standard InChI is InChI=1S/C18H31IO4Si/c1-14(2,3)24(6,7)21-12-10-17(19)13(20)18-11(16(12,5)23-17)8-9-15(18,4)22-18/h11-13,20H,8-10H2,1-7H3/t11-,12+,13+,15+,16-,17-,18?/m0/s1. The number of ether oxygens (including phenoxy) is 2. The number of alkyl halides is 1. The summed E-state index contributed by atoms with van der Waals surface area (Å²) in [5, 5.41) is 11.3. The summed E-state index contributed by atoms with van der Waals surface area (Å²) in [5.74, 6) is 0.213. The Morgan fingerprint density at radius 1 is 1.21 bits per heavy atom. The van der Waals surface area contributed by atoms with E-state index in [0.29, 0.717) is 0 Å². The lowest BCUT2D eigenvalue weighted by Gasteiger charge is -2.49. The van der Waals surface area contributed by atoms with E-state index in [4.69, 9.17) is 13.9 Å². The van der Waals surface area contributed by atoms with Crippen LogP contribution >= 0.6 is 22.6 Å². The van der Waals surface area contributed by atoms with Gasteiger partial charge in [0.15, 0.2) is 11.9 Å². The van der Waals surface area contributed by atoms with Gasteiger partial charge in [-0.3, -0.25) is 0 Å². The van der Waals surface area contributed by atoms with Crippen LogP contribution < -0.4 is 0 Å². The van der Waals surface area contributed by atoms with Crippen molar-refractivity contribution in [3.05, 3.63) is 0 Å². The minimum atomic E-state index is -1.91. The highest BCUT2D eigenvalue weighted by atomic mass is 127. The lowest BCUT2D eigenvalue weighted by atomic mass is 9.74. The summed E-state index contributed by atoms with van der Waals surface area (Å²) in [6.45, 7) is 15.8. The van der Waals surface area contributed by atoms with Gasteiger partial charge in [-0.15, -0.1) is 0 Å². The molecule has 138 valence electrons. The fraction of sp³-hybridized carbons (Fsp3) is 1.00. The van der Waals surface area contributed by atoms with Gasteiger partial charge in [0.1, 0.15) is 11.7 Å². The molecule has 1 N–H and O–H groups in total. The minimum Gasteiger partial charge on any atom is -0.411 e. The van der Waals surface area contributed by atoms with Crippen molar-refractivity contribution in [2.24, 2.45) is 5.92 Å². The van der Waals surface area contributed by atoms with Crippen LogP contribution in [0.3, 0.4) is 0 Å². The van der Waals surface area contributed by atoms with Crippen LogP contribution in [0.15, 0.2) is 0 Å². The van der Waals surface area contributed by atoms with E-state index in [1.807, 2.05) is 0 Å². The van der Waals surface area contributed by atoms with E-state index >= 15 is 0 Å². The summed E-state index contributed by atoms with van der Waals surface area (Å²) in [6.07, 6.45) is 2.25. The molecule has 4 fully saturated rings. The molecule has 0 aromatic carbocycles. The maximum atomic E-state index is 11.2. The lowest BCUT2D eigenvalue weighted by Crippen LogP contribution is -2.63. The van der Waals surface area contributed by atoms with Crippen LogP contribution in [0.25, 0.3) is 0 Å². The highest BCUT2D eigenvalue weighted by molar-refractivity contribution is 14.1. The third-order valence-electron chi connectivity index (χ3n) is 7.85. The predicted molar refractivity (Wildman–Crippen MR) is 104 cm³/mol. The van der Waals surface area contributed by atoms with Gasteiger partial charge in [0, 0.05) is 12.3 Å². The van der Waals surface area contributed by atoms with E-state index in [9.17, 15) is 5.11 Å². The first-order valence-corrected chi connectivity index (χ1v) is 13.2. The first-order valence-electron chi connectivity index (χ1n) is 9.17. The number of halogens is 1. The monoisotopic (exact) mass is 466 g/mol. The zero-order valence-electron chi connectivity index (χ0n) is 15.9. The van der Waals surface area contributed by atoms with Gasteiger partial charge in [-0.05, 0) is 67.4 Å². The molecule has 4 nitrogen and oxygen atoms in total. The first-order chi connectivity index (χ1) is 10.7. The van der Waals surface area contributed by atoms with E-state index in [0.717, 1.165) is 19.3 Å². The second kappa shape index (κ2) is 4.61. The molecule has 0 radical (unpaired) electrons. The SMILES string of the molecule is CC(C)(C)[Si](C)(C)O[C@@H]1C[C@]2(I)O[C@@]1(C)[C@@H]1CC[C@@]3(C)OC13[C@@H]2O. The molecule has 1 saturated carbocycles. The first kappa shape index (κ1) is 18.2. The lowest BCUT2D eigenvalue weighted by molar-refractivity contribution is -0.211. The molecule has 3 saturated heterocycles. The van der Waals surface area contributed by atoms with Gasteiger partial charge in [-0.25, -0.2) is 0 Å². The molecule has 6 heteroatoms. The Balaban J connectivity index is 1.71. The number of aliphatic hydroxyl groups is 1. The zero-order chi connectivity index (χ0) is 18.0. The van der Waals surface area contributed by atoms with Gasteiger partial charge in [0.25, 0.3) is 0 Å². The van der Waals surface area contributed by atoms with Crippen LogP contribution in [-0.4, -0.2) is 46.0 Å². The Labute approximate surface area is 160 Å². The van der Waals surface area contributed by atoms with Crippen LogP contribution in [0.2, 0.25) is 18.1 Å². The third kappa shape index (κ3) is 1.93. The molecule has 1 aliphatic carbocycles. The van der Waals surface area contributed by atoms with Gasteiger partial charge < -0.3 is 19.0 Å². The molecule has 1 unspecified atom stereocenters. The smallest absolute Gasteiger partial charge is 0.192 e. The summed E-state index contributed by atoms with van der Waals surface area (Å²) >= 11 is 2.32. The van der Waals surface area contributed by atoms with Crippen molar-refractivity contribution in [1.82, 2.24) is 0 Å². The summed E-state index contributed by atoms with van der Waals surface area (Å²) in [4.78, 5) is 0.